The first-order valence-corrected chi connectivity index (χ1v) is 11.3. The van der Waals surface area contributed by atoms with Crippen molar-refractivity contribution in [3.63, 3.8) is 0 Å². The van der Waals surface area contributed by atoms with E-state index in [2.05, 4.69) is 39.0 Å². The van der Waals surface area contributed by atoms with E-state index in [0.29, 0.717) is 13.2 Å². The molecular weight excluding hydrogens is 320 g/mol. The van der Waals surface area contributed by atoms with Gasteiger partial charge in [0.2, 0.25) is 0 Å². The number of carbonyl (C=O) groups is 1. The molecule has 0 saturated carbocycles. The van der Waals surface area contributed by atoms with Crippen molar-refractivity contribution in [2.75, 3.05) is 13.2 Å². The van der Waals surface area contributed by atoms with Gasteiger partial charge in [-0.15, -0.1) is 0 Å². The average molecular weight is 349 g/mol. The maximum atomic E-state index is 11.9. The average Bonchev–Trinajstić information content (AvgIpc) is 2.84. The lowest BCUT2D eigenvalue weighted by Gasteiger charge is -2.35. The minimum absolute atomic E-state index is 0.0657. The van der Waals surface area contributed by atoms with Gasteiger partial charge in [0.25, 0.3) is 0 Å². The minimum atomic E-state index is -1.80. The van der Waals surface area contributed by atoms with Crippen LogP contribution in [0.5, 0.6) is 0 Å². The fourth-order valence-electron chi connectivity index (χ4n) is 2.21. The van der Waals surface area contributed by atoms with Gasteiger partial charge in [-0.05, 0) is 30.1 Å². The van der Waals surface area contributed by atoms with Crippen molar-refractivity contribution in [3.8, 4) is 0 Å². The molecule has 5 nitrogen and oxygen atoms in total. The van der Waals surface area contributed by atoms with Crippen LogP contribution in [0.3, 0.4) is 0 Å². The van der Waals surface area contributed by atoms with Crippen LogP contribution < -0.4 is 0 Å². The molecular formula is C18H28N2O3Si. The van der Waals surface area contributed by atoms with Gasteiger partial charge >= 0.3 is 6.09 Å². The Kier molecular flexibility index (Phi) is 5.82. The first kappa shape index (κ1) is 18.7. The summed E-state index contributed by atoms with van der Waals surface area (Å²) in [5.41, 5.74) is 1.17. The molecule has 0 radical (unpaired) electrons. The number of nitrogens with zero attached hydrogens (tertiary/aromatic N) is 2. The maximum absolute atomic E-state index is 11.9. The van der Waals surface area contributed by atoms with E-state index in [1.54, 1.807) is 6.21 Å². The quantitative estimate of drug-likeness (QED) is 0.575. The Morgan fingerprint density at radius 3 is 2.62 bits per heavy atom. The van der Waals surface area contributed by atoms with Crippen molar-refractivity contribution in [2.24, 2.45) is 5.10 Å². The highest BCUT2D eigenvalue weighted by molar-refractivity contribution is 6.74. The van der Waals surface area contributed by atoms with Crippen LogP contribution >= 0.6 is 0 Å². The second-order valence-corrected chi connectivity index (χ2v) is 12.4. The molecule has 1 fully saturated rings. The summed E-state index contributed by atoms with van der Waals surface area (Å²) in [5, 5.41) is 5.89. The molecule has 0 N–H and O–H groups in total. The summed E-state index contributed by atoms with van der Waals surface area (Å²) >= 11 is 0. The van der Waals surface area contributed by atoms with Crippen LogP contribution in [0.4, 0.5) is 4.79 Å². The molecule has 0 spiro atoms. The Morgan fingerprint density at radius 1 is 1.33 bits per heavy atom. The Morgan fingerprint density at radius 2 is 2.00 bits per heavy atom. The molecule has 132 valence electrons. The zero-order valence-electron chi connectivity index (χ0n) is 15.3. The Hall–Kier alpha value is -1.66. The van der Waals surface area contributed by atoms with Crippen LogP contribution in [0, 0.1) is 0 Å². The number of hydrazone groups is 1. The third-order valence-corrected chi connectivity index (χ3v) is 9.28. The van der Waals surface area contributed by atoms with Gasteiger partial charge in [-0.1, -0.05) is 51.1 Å². The van der Waals surface area contributed by atoms with E-state index in [1.807, 2.05) is 30.3 Å². The predicted molar refractivity (Wildman–Crippen MR) is 98.8 cm³/mol. The lowest BCUT2D eigenvalue weighted by atomic mass is 10.1. The van der Waals surface area contributed by atoms with Gasteiger partial charge in [0, 0.05) is 6.21 Å². The summed E-state index contributed by atoms with van der Waals surface area (Å²) in [7, 11) is -1.80. The first-order chi connectivity index (χ1) is 11.2. The second kappa shape index (κ2) is 7.48. The van der Waals surface area contributed by atoms with Crippen molar-refractivity contribution < 1.29 is 14.0 Å². The van der Waals surface area contributed by atoms with Crippen molar-refractivity contribution in [1.82, 2.24) is 5.01 Å². The molecule has 0 aliphatic carbocycles. The van der Waals surface area contributed by atoms with Crippen LogP contribution in [-0.2, 0) is 15.6 Å². The van der Waals surface area contributed by atoms with Gasteiger partial charge in [0.1, 0.15) is 6.61 Å². The number of carbonyl (C=O) groups excluding carboxylic acids is 1. The van der Waals surface area contributed by atoms with Crippen LogP contribution in [0.1, 0.15) is 26.3 Å². The molecule has 0 aromatic heterocycles. The number of hydrogen-bond donors (Lipinski definition) is 0. The fraction of sp³-hybridized carbons (Fsp3) is 0.556. The molecule has 1 saturated heterocycles. The molecule has 1 aliphatic rings. The van der Waals surface area contributed by atoms with E-state index in [9.17, 15) is 4.79 Å². The van der Waals surface area contributed by atoms with Gasteiger partial charge in [0.05, 0.1) is 12.6 Å². The van der Waals surface area contributed by atoms with Gasteiger partial charge in [0.15, 0.2) is 8.32 Å². The normalized spacial score (nSPS) is 19.1. The van der Waals surface area contributed by atoms with Crippen LogP contribution in [0.25, 0.3) is 0 Å². The van der Waals surface area contributed by atoms with E-state index in [-0.39, 0.29) is 17.2 Å². The molecule has 0 unspecified atom stereocenters. The van der Waals surface area contributed by atoms with Crippen molar-refractivity contribution in [1.29, 1.82) is 0 Å². The third kappa shape index (κ3) is 4.67. The molecule has 1 aromatic carbocycles. The minimum Gasteiger partial charge on any atom is -0.446 e. The van der Waals surface area contributed by atoms with Crippen molar-refractivity contribution >= 4 is 20.6 Å². The molecule has 1 amide bonds. The summed E-state index contributed by atoms with van der Waals surface area (Å²) < 4.78 is 11.2. The molecule has 24 heavy (non-hydrogen) atoms. The molecule has 6 heteroatoms. The monoisotopic (exact) mass is 348 g/mol. The van der Waals surface area contributed by atoms with Crippen LogP contribution in [-0.4, -0.2) is 44.9 Å². The summed E-state index contributed by atoms with van der Waals surface area (Å²) in [6.45, 7) is 11.8. The molecule has 2 rings (SSSR count). The number of ether oxygens (including phenoxy) is 1. The number of benzene rings is 1. The van der Waals surface area contributed by atoms with E-state index >= 15 is 0 Å². The van der Waals surface area contributed by atoms with E-state index in [1.165, 1.54) is 10.6 Å². The highest BCUT2D eigenvalue weighted by Gasteiger charge is 2.37. The smallest absolute Gasteiger partial charge is 0.430 e. The van der Waals surface area contributed by atoms with E-state index < -0.39 is 8.32 Å². The molecule has 1 aliphatic heterocycles. The lowest BCUT2D eigenvalue weighted by Crippen LogP contribution is -2.41. The molecule has 1 atom stereocenters. The van der Waals surface area contributed by atoms with Crippen molar-refractivity contribution in [3.05, 3.63) is 35.9 Å². The summed E-state index contributed by atoms with van der Waals surface area (Å²) in [6, 6.07) is 10.00. The Balaban J connectivity index is 1.92. The van der Waals surface area contributed by atoms with Gasteiger partial charge in [-0.2, -0.15) is 10.1 Å². The van der Waals surface area contributed by atoms with Crippen molar-refractivity contribution in [2.45, 2.75) is 51.4 Å². The predicted octanol–water partition coefficient (Wildman–Crippen LogP) is 4.06. The number of rotatable bonds is 6. The highest BCUT2D eigenvalue weighted by Crippen LogP contribution is 2.36. The summed E-state index contributed by atoms with van der Waals surface area (Å²) in [5.74, 6) is 0. The number of amides is 1. The zero-order chi connectivity index (χ0) is 17.8. The number of hydrogen-bond acceptors (Lipinski definition) is 4. The second-order valence-electron chi connectivity index (χ2n) is 7.63. The van der Waals surface area contributed by atoms with Gasteiger partial charge in [-0.25, -0.2) is 4.79 Å². The lowest BCUT2D eigenvalue weighted by molar-refractivity contribution is 0.158. The largest absolute Gasteiger partial charge is 0.446 e. The zero-order valence-corrected chi connectivity index (χ0v) is 16.3. The third-order valence-electron chi connectivity index (χ3n) is 4.78. The SMILES string of the molecule is CC(C)(C)[Si](C)(C)OC/C=N/N1C(=O)OC[C@@H]1Cc1ccccc1. The van der Waals surface area contributed by atoms with Gasteiger partial charge in [-0.3, -0.25) is 0 Å². The molecule has 1 aromatic rings. The van der Waals surface area contributed by atoms with Gasteiger partial charge < -0.3 is 9.16 Å². The summed E-state index contributed by atoms with van der Waals surface area (Å²) in [6.07, 6.45) is 2.01. The Labute approximate surface area is 145 Å². The highest BCUT2D eigenvalue weighted by atomic mass is 28.4. The topological polar surface area (TPSA) is 51.1 Å². The number of cyclic esters (lactones) is 1. The fourth-order valence-corrected chi connectivity index (χ4v) is 3.13. The standard InChI is InChI=1S/C18H28N2O3Si/c1-18(2,3)24(4,5)23-12-11-19-20-16(14-22-17(20)21)13-15-9-7-6-8-10-15/h6-11,16H,12-14H2,1-5H3/b19-11+/t16-/m0/s1. The first-order valence-electron chi connectivity index (χ1n) is 8.37. The van der Waals surface area contributed by atoms with Crippen LogP contribution in [0.2, 0.25) is 18.1 Å². The van der Waals surface area contributed by atoms with E-state index in [0.717, 1.165) is 6.42 Å². The molecule has 0 bridgehead atoms. The maximum Gasteiger partial charge on any atom is 0.430 e. The molecule has 1 heterocycles. The Bertz CT molecular complexity index is 582. The summed E-state index contributed by atoms with van der Waals surface area (Å²) in [4.78, 5) is 11.9. The van der Waals surface area contributed by atoms with Crippen LogP contribution in [0.15, 0.2) is 35.4 Å². The van der Waals surface area contributed by atoms with E-state index in [4.69, 9.17) is 9.16 Å².